The molecule has 0 saturated carbocycles. The van der Waals surface area contributed by atoms with E-state index >= 15 is 0 Å². The third kappa shape index (κ3) is 3.90. The lowest BCUT2D eigenvalue weighted by Gasteiger charge is -2.15. The fraction of sp³-hybridized carbons (Fsp3) is 0.222. The topological polar surface area (TPSA) is 102 Å². The minimum atomic E-state index is -0.758. The number of H-pyrrole nitrogens is 1. The molecule has 0 aliphatic rings. The zero-order valence-electron chi connectivity index (χ0n) is 15.1. The van der Waals surface area contributed by atoms with E-state index < -0.39 is 34.8 Å². The Morgan fingerprint density at radius 3 is 2.71 bits per heavy atom. The number of rotatable bonds is 5. The minimum absolute atomic E-state index is 0.0865. The van der Waals surface area contributed by atoms with Crippen LogP contribution in [0.4, 0.5) is 8.78 Å². The third-order valence-corrected chi connectivity index (χ3v) is 4.24. The van der Waals surface area contributed by atoms with E-state index in [9.17, 15) is 23.2 Å². The van der Waals surface area contributed by atoms with Crippen molar-refractivity contribution in [3.8, 4) is 5.69 Å². The van der Waals surface area contributed by atoms with E-state index in [0.717, 1.165) is 22.8 Å². The fourth-order valence-electron chi connectivity index (χ4n) is 2.83. The maximum atomic E-state index is 14.0. The SMILES string of the molecule is Cc1c([C@@H](C)NC(=O)Cn2ccc(=O)[nH]c2=O)cnn1-c1ccc(F)cc1F. The van der Waals surface area contributed by atoms with E-state index in [1.165, 1.54) is 23.1 Å². The first-order chi connectivity index (χ1) is 13.3. The molecule has 0 spiro atoms. The van der Waals surface area contributed by atoms with Crippen LogP contribution in [-0.2, 0) is 11.3 Å². The lowest BCUT2D eigenvalue weighted by atomic mass is 10.1. The molecule has 1 amide bonds. The molecule has 10 heteroatoms. The van der Waals surface area contributed by atoms with Gasteiger partial charge in [0.2, 0.25) is 5.91 Å². The van der Waals surface area contributed by atoms with Crippen LogP contribution in [0.15, 0.2) is 46.2 Å². The second-order valence-corrected chi connectivity index (χ2v) is 6.22. The highest BCUT2D eigenvalue weighted by Gasteiger charge is 2.18. The van der Waals surface area contributed by atoms with E-state index in [4.69, 9.17) is 0 Å². The molecule has 3 rings (SSSR count). The Labute approximate surface area is 157 Å². The summed E-state index contributed by atoms with van der Waals surface area (Å²) < 4.78 is 29.5. The van der Waals surface area contributed by atoms with E-state index in [2.05, 4.69) is 15.4 Å². The van der Waals surface area contributed by atoms with Gasteiger partial charge in [0.25, 0.3) is 5.56 Å². The summed E-state index contributed by atoms with van der Waals surface area (Å²) in [5.41, 5.74) is 0.0473. The van der Waals surface area contributed by atoms with Crippen molar-refractivity contribution in [2.45, 2.75) is 26.4 Å². The Hall–Kier alpha value is -3.56. The van der Waals surface area contributed by atoms with Crippen molar-refractivity contribution < 1.29 is 13.6 Å². The van der Waals surface area contributed by atoms with Crippen molar-refractivity contribution in [3.05, 3.63) is 80.4 Å². The number of nitrogens with zero attached hydrogens (tertiary/aromatic N) is 3. The highest BCUT2D eigenvalue weighted by atomic mass is 19.1. The maximum absolute atomic E-state index is 14.0. The van der Waals surface area contributed by atoms with Gasteiger partial charge in [-0.3, -0.25) is 19.1 Å². The zero-order chi connectivity index (χ0) is 20.4. The molecule has 8 nitrogen and oxygen atoms in total. The van der Waals surface area contributed by atoms with Crippen LogP contribution < -0.4 is 16.6 Å². The van der Waals surface area contributed by atoms with Crippen LogP contribution in [-0.4, -0.2) is 25.2 Å². The smallest absolute Gasteiger partial charge is 0.328 e. The van der Waals surface area contributed by atoms with Gasteiger partial charge >= 0.3 is 5.69 Å². The molecule has 146 valence electrons. The second-order valence-electron chi connectivity index (χ2n) is 6.22. The first-order valence-electron chi connectivity index (χ1n) is 8.35. The number of benzene rings is 1. The monoisotopic (exact) mass is 389 g/mol. The minimum Gasteiger partial charge on any atom is -0.348 e. The van der Waals surface area contributed by atoms with Crippen molar-refractivity contribution in [1.29, 1.82) is 0 Å². The lowest BCUT2D eigenvalue weighted by molar-refractivity contribution is -0.122. The Bertz CT molecular complexity index is 1150. The molecular formula is C18H17F2N5O3. The van der Waals surface area contributed by atoms with Gasteiger partial charge in [0, 0.05) is 29.6 Å². The summed E-state index contributed by atoms with van der Waals surface area (Å²) in [4.78, 5) is 37.0. The largest absolute Gasteiger partial charge is 0.348 e. The molecule has 0 unspecified atom stereocenters. The van der Waals surface area contributed by atoms with Gasteiger partial charge in [-0.05, 0) is 26.0 Å². The van der Waals surface area contributed by atoms with E-state index in [0.29, 0.717) is 11.3 Å². The van der Waals surface area contributed by atoms with Gasteiger partial charge in [0.1, 0.15) is 18.0 Å². The normalized spacial score (nSPS) is 12.0. The van der Waals surface area contributed by atoms with Crippen LogP contribution in [0.2, 0.25) is 0 Å². The summed E-state index contributed by atoms with van der Waals surface area (Å²) in [5, 5.41) is 6.84. The lowest BCUT2D eigenvalue weighted by Crippen LogP contribution is -2.36. The molecule has 0 saturated heterocycles. The summed E-state index contributed by atoms with van der Waals surface area (Å²) in [6.45, 7) is 3.13. The highest BCUT2D eigenvalue weighted by molar-refractivity contribution is 5.76. The van der Waals surface area contributed by atoms with Gasteiger partial charge in [-0.2, -0.15) is 5.10 Å². The Morgan fingerprint density at radius 1 is 1.29 bits per heavy atom. The average Bonchev–Trinajstić information content (AvgIpc) is 2.99. The van der Waals surface area contributed by atoms with Crippen LogP contribution in [0.3, 0.4) is 0 Å². The Balaban J connectivity index is 1.77. The van der Waals surface area contributed by atoms with E-state index in [1.807, 2.05) is 0 Å². The molecule has 1 aromatic carbocycles. The number of carbonyl (C=O) groups excluding carboxylic acids is 1. The zero-order valence-corrected chi connectivity index (χ0v) is 15.1. The number of halogens is 2. The van der Waals surface area contributed by atoms with E-state index in [-0.39, 0.29) is 12.2 Å². The van der Waals surface area contributed by atoms with Crippen LogP contribution in [0.5, 0.6) is 0 Å². The predicted octanol–water partition coefficient (Wildman–Crippen LogP) is 1.19. The highest BCUT2D eigenvalue weighted by Crippen LogP contribution is 2.22. The van der Waals surface area contributed by atoms with Crippen molar-refractivity contribution in [2.75, 3.05) is 0 Å². The molecular weight excluding hydrogens is 372 g/mol. The molecule has 2 heterocycles. The summed E-state index contributed by atoms with van der Waals surface area (Å²) in [7, 11) is 0. The van der Waals surface area contributed by atoms with Gasteiger partial charge in [-0.15, -0.1) is 0 Å². The number of aromatic nitrogens is 4. The number of nitrogens with one attached hydrogen (secondary N) is 2. The standard InChI is InChI=1S/C18H17F2N5O3/c1-10(22-17(27)9-24-6-5-16(26)23-18(24)28)13-8-21-25(11(13)2)15-4-3-12(19)7-14(15)20/h3-8,10H,9H2,1-2H3,(H,22,27)(H,23,26,28)/t10-/m1/s1. The molecule has 0 fully saturated rings. The maximum Gasteiger partial charge on any atom is 0.328 e. The molecule has 0 aliphatic heterocycles. The fourth-order valence-corrected chi connectivity index (χ4v) is 2.83. The third-order valence-electron chi connectivity index (χ3n) is 4.24. The average molecular weight is 389 g/mol. The molecule has 28 heavy (non-hydrogen) atoms. The van der Waals surface area contributed by atoms with Crippen LogP contribution in [0.25, 0.3) is 5.69 Å². The molecule has 0 aliphatic carbocycles. The van der Waals surface area contributed by atoms with Crippen LogP contribution in [0, 0.1) is 18.6 Å². The second kappa shape index (κ2) is 7.59. The number of aromatic amines is 1. The van der Waals surface area contributed by atoms with Crippen LogP contribution in [0.1, 0.15) is 24.2 Å². The van der Waals surface area contributed by atoms with E-state index in [1.54, 1.807) is 13.8 Å². The molecule has 0 radical (unpaired) electrons. The summed E-state index contributed by atoms with van der Waals surface area (Å²) in [6.07, 6.45) is 2.71. The van der Waals surface area contributed by atoms with Crippen molar-refractivity contribution in [1.82, 2.24) is 24.6 Å². The van der Waals surface area contributed by atoms with Gasteiger partial charge in [-0.25, -0.2) is 18.3 Å². The first kappa shape index (κ1) is 19.2. The number of carbonyl (C=O) groups is 1. The number of hydrogen-bond donors (Lipinski definition) is 2. The van der Waals surface area contributed by atoms with Gasteiger partial charge < -0.3 is 5.32 Å². The van der Waals surface area contributed by atoms with Crippen molar-refractivity contribution >= 4 is 5.91 Å². The summed E-state index contributed by atoms with van der Waals surface area (Å²) in [5.74, 6) is -1.90. The quantitative estimate of drug-likeness (QED) is 0.684. The first-order valence-corrected chi connectivity index (χ1v) is 8.35. The molecule has 2 aromatic heterocycles. The molecule has 2 N–H and O–H groups in total. The molecule has 0 bridgehead atoms. The predicted molar refractivity (Wildman–Crippen MR) is 96.1 cm³/mol. The van der Waals surface area contributed by atoms with Crippen molar-refractivity contribution in [2.24, 2.45) is 0 Å². The van der Waals surface area contributed by atoms with Crippen LogP contribution >= 0.6 is 0 Å². The molecule has 1 atom stereocenters. The van der Waals surface area contributed by atoms with Gasteiger partial charge in [-0.1, -0.05) is 0 Å². The summed E-state index contributed by atoms with van der Waals surface area (Å²) >= 11 is 0. The van der Waals surface area contributed by atoms with Gasteiger partial charge in [0.15, 0.2) is 5.82 Å². The van der Waals surface area contributed by atoms with Gasteiger partial charge in [0.05, 0.1) is 12.2 Å². The number of hydrogen-bond acceptors (Lipinski definition) is 4. The van der Waals surface area contributed by atoms with Crippen molar-refractivity contribution in [3.63, 3.8) is 0 Å². The molecule has 3 aromatic rings. The Kier molecular flexibility index (Phi) is 5.21. The summed E-state index contributed by atoms with van der Waals surface area (Å²) in [6, 6.07) is 3.84. The Morgan fingerprint density at radius 2 is 2.04 bits per heavy atom. The number of amides is 1.